The van der Waals surface area contributed by atoms with Gasteiger partial charge in [-0.1, -0.05) is 30.3 Å². The van der Waals surface area contributed by atoms with E-state index >= 15 is 0 Å². The summed E-state index contributed by atoms with van der Waals surface area (Å²) >= 11 is 0. The van der Waals surface area contributed by atoms with Crippen LogP contribution in [0.1, 0.15) is 10.4 Å². The number of hydrogen-bond donors (Lipinski definition) is 1. The minimum absolute atomic E-state index is 0.0351. The Morgan fingerprint density at radius 1 is 1.00 bits per heavy atom. The van der Waals surface area contributed by atoms with Crippen molar-refractivity contribution in [2.75, 3.05) is 20.3 Å². The summed E-state index contributed by atoms with van der Waals surface area (Å²) in [6.07, 6.45) is 0. The van der Waals surface area contributed by atoms with Gasteiger partial charge >= 0.3 is 5.97 Å². The molecule has 0 radical (unpaired) electrons. The van der Waals surface area contributed by atoms with Crippen molar-refractivity contribution >= 4 is 21.8 Å². The first kappa shape index (κ1) is 18.6. The molecule has 2 rings (SSSR count). The number of rotatable bonds is 8. The Balaban J connectivity index is 1.88. The maximum atomic E-state index is 12.1. The zero-order chi connectivity index (χ0) is 18.3. The predicted molar refractivity (Wildman–Crippen MR) is 89.9 cm³/mol. The largest absolute Gasteiger partial charge is 0.496 e. The van der Waals surface area contributed by atoms with Crippen molar-refractivity contribution in [3.8, 4) is 5.75 Å². The summed E-state index contributed by atoms with van der Waals surface area (Å²) in [5.74, 6) is -0.937. The average Bonchev–Trinajstić information content (AvgIpc) is 2.65. The molecule has 132 valence electrons. The molecule has 2 aromatic rings. The van der Waals surface area contributed by atoms with Gasteiger partial charge in [0.1, 0.15) is 12.3 Å². The highest BCUT2D eigenvalue weighted by Crippen LogP contribution is 2.17. The van der Waals surface area contributed by atoms with Gasteiger partial charge in [-0.25, -0.2) is 8.42 Å². The van der Waals surface area contributed by atoms with Crippen LogP contribution in [0.25, 0.3) is 0 Å². The molecule has 0 saturated carbocycles. The highest BCUT2D eigenvalue weighted by atomic mass is 32.2. The maximum absolute atomic E-state index is 12.1. The molecule has 0 aromatic heterocycles. The lowest BCUT2D eigenvalue weighted by Gasteiger charge is -2.09. The third kappa shape index (κ3) is 5.13. The van der Waals surface area contributed by atoms with Crippen molar-refractivity contribution in [1.29, 1.82) is 0 Å². The molecule has 0 amide bonds. The number of Topliss-reactive ketones (excluding diaryl/α,β-unsaturated/α-hetero) is 1. The normalized spacial score (nSPS) is 10.9. The molecule has 0 aliphatic heterocycles. The number of sulfonamides is 1. The van der Waals surface area contributed by atoms with E-state index in [0.717, 1.165) is 0 Å². The number of benzene rings is 2. The van der Waals surface area contributed by atoms with E-state index < -0.39 is 34.9 Å². The van der Waals surface area contributed by atoms with Gasteiger partial charge in [0.2, 0.25) is 15.8 Å². The number of para-hydroxylation sites is 1. The van der Waals surface area contributed by atoms with E-state index in [2.05, 4.69) is 4.72 Å². The van der Waals surface area contributed by atoms with Crippen LogP contribution in [0, 0.1) is 0 Å². The summed E-state index contributed by atoms with van der Waals surface area (Å²) in [7, 11) is -2.39. The predicted octanol–water partition coefficient (Wildman–Crippen LogP) is 1.40. The molecule has 2 aromatic carbocycles. The molecular weight excluding hydrogens is 346 g/mol. The number of nitrogens with one attached hydrogen (secondary N) is 1. The van der Waals surface area contributed by atoms with E-state index in [4.69, 9.17) is 9.47 Å². The quantitative estimate of drug-likeness (QED) is 0.562. The van der Waals surface area contributed by atoms with Crippen LogP contribution in [0.4, 0.5) is 0 Å². The lowest BCUT2D eigenvalue weighted by atomic mass is 10.1. The Bertz CT molecular complexity index is 848. The van der Waals surface area contributed by atoms with Gasteiger partial charge in [0, 0.05) is 0 Å². The molecule has 0 aliphatic carbocycles. The third-order valence-electron chi connectivity index (χ3n) is 3.23. The molecule has 0 fully saturated rings. The molecule has 0 spiro atoms. The van der Waals surface area contributed by atoms with Crippen molar-refractivity contribution in [3.63, 3.8) is 0 Å². The van der Waals surface area contributed by atoms with Crippen LogP contribution in [0.2, 0.25) is 0 Å². The Morgan fingerprint density at radius 3 is 2.32 bits per heavy atom. The number of esters is 1. The van der Waals surface area contributed by atoms with Gasteiger partial charge in [-0.3, -0.25) is 9.59 Å². The monoisotopic (exact) mass is 363 g/mol. The van der Waals surface area contributed by atoms with Gasteiger partial charge in [0.25, 0.3) is 0 Å². The van der Waals surface area contributed by atoms with Crippen LogP contribution in [-0.2, 0) is 19.6 Å². The molecule has 7 nitrogen and oxygen atoms in total. The summed E-state index contributed by atoms with van der Waals surface area (Å²) < 4.78 is 36.0. The number of ether oxygens (including phenoxy) is 2. The van der Waals surface area contributed by atoms with E-state index in [1.807, 2.05) is 0 Å². The Kier molecular flexibility index (Phi) is 6.26. The molecule has 0 bridgehead atoms. The zero-order valence-corrected chi connectivity index (χ0v) is 14.3. The first-order valence-electron chi connectivity index (χ1n) is 7.30. The van der Waals surface area contributed by atoms with E-state index in [9.17, 15) is 18.0 Å². The zero-order valence-electron chi connectivity index (χ0n) is 13.5. The second-order valence-electron chi connectivity index (χ2n) is 4.92. The number of carbonyl (C=O) groups is 2. The molecule has 0 heterocycles. The first-order chi connectivity index (χ1) is 11.9. The standard InChI is InChI=1S/C17H17NO6S/c1-23-16-10-6-5-9-14(16)15(19)12-24-17(20)11-18-25(21,22)13-7-3-2-4-8-13/h2-10,18H,11-12H2,1H3. The van der Waals surface area contributed by atoms with Crippen molar-refractivity contribution in [3.05, 3.63) is 60.2 Å². The third-order valence-corrected chi connectivity index (χ3v) is 4.65. The SMILES string of the molecule is COc1ccccc1C(=O)COC(=O)CNS(=O)(=O)c1ccccc1. The topological polar surface area (TPSA) is 98.8 Å². The van der Waals surface area contributed by atoms with Crippen LogP contribution in [-0.4, -0.2) is 40.4 Å². The van der Waals surface area contributed by atoms with E-state index in [0.29, 0.717) is 5.75 Å². The first-order valence-corrected chi connectivity index (χ1v) is 8.79. The fourth-order valence-electron chi connectivity index (χ4n) is 1.99. The molecule has 8 heteroatoms. The van der Waals surface area contributed by atoms with E-state index in [-0.39, 0.29) is 10.5 Å². The second-order valence-corrected chi connectivity index (χ2v) is 6.69. The molecule has 0 saturated heterocycles. The van der Waals surface area contributed by atoms with Gasteiger partial charge in [-0.05, 0) is 24.3 Å². The summed E-state index contributed by atoms with van der Waals surface area (Å²) in [6.45, 7) is -1.08. The Hall–Kier alpha value is -2.71. The Morgan fingerprint density at radius 2 is 1.64 bits per heavy atom. The summed E-state index contributed by atoms with van der Waals surface area (Å²) in [4.78, 5) is 23.8. The minimum Gasteiger partial charge on any atom is -0.496 e. The molecule has 0 aliphatic rings. The molecular formula is C17H17NO6S. The molecule has 0 unspecified atom stereocenters. The smallest absolute Gasteiger partial charge is 0.321 e. The van der Waals surface area contributed by atoms with Gasteiger partial charge in [-0.15, -0.1) is 0 Å². The van der Waals surface area contributed by atoms with E-state index in [1.165, 1.54) is 19.2 Å². The summed E-state index contributed by atoms with van der Waals surface area (Å²) in [5.41, 5.74) is 0.280. The van der Waals surface area contributed by atoms with Crippen LogP contribution in [0.5, 0.6) is 5.75 Å². The van der Waals surface area contributed by atoms with E-state index in [1.54, 1.807) is 42.5 Å². The fraction of sp³-hybridized carbons (Fsp3) is 0.176. The average molecular weight is 363 g/mol. The minimum atomic E-state index is -3.81. The molecule has 25 heavy (non-hydrogen) atoms. The fourth-order valence-corrected chi connectivity index (χ4v) is 2.98. The number of carbonyl (C=O) groups excluding carboxylic acids is 2. The van der Waals surface area contributed by atoms with Crippen molar-refractivity contribution in [2.24, 2.45) is 0 Å². The van der Waals surface area contributed by atoms with Crippen molar-refractivity contribution < 1.29 is 27.5 Å². The second kappa shape index (κ2) is 8.41. The van der Waals surface area contributed by atoms with Crippen molar-refractivity contribution in [2.45, 2.75) is 4.90 Å². The summed E-state index contributed by atoms with van der Waals surface area (Å²) in [5, 5.41) is 0. The number of hydrogen-bond acceptors (Lipinski definition) is 6. The Labute approximate surface area is 145 Å². The lowest BCUT2D eigenvalue weighted by Crippen LogP contribution is -2.31. The summed E-state index contributed by atoms with van der Waals surface area (Å²) in [6, 6.07) is 14.1. The van der Waals surface area contributed by atoms with Gasteiger partial charge in [0.05, 0.1) is 17.6 Å². The molecule has 1 N–H and O–H groups in total. The van der Waals surface area contributed by atoms with Crippen molar-refractivity contribution in [1.82, 2.24) is 4.72 Å². The van der Waals surface area contributed by atoms with Gasteiger partial charge < -0.3 is 9.47 Å². The van der Waals surface area contributed by atoms with Gasteiger partial charge in [-0.2, -0.15) is 4.72 Å². The van der Waals surface area contributed by atoms with Crippen LogP contribution >= 0.6 is 0 Å². The lowest BCUT2D eigenvalue weighted by molar-refractivity contribution is -0.141. The maximum Gasteiger partial charge on any atom is 0.321 e. The number of ketones is 1. The van der Waals surface area contributed by atoms with Crippen LogP contribution < -0.4 is 9.46 Å². The van der Waals surface area contributed by atoms with Gasteiger partial charge in [0.15, 0.2) is 6.61 Å². The number of methoxy groups -OCH3 is 1. The molecule has 0 atom stereocenters. The van der Waals surface area contributed by atoms with Crippen LogP contribution in [0.15, 0.2) is 59.5 Å². The highest BCUT2D eigenvalue weighted by molar-refractivity contribution is 7.89. The highest BCUT2D eigenvalue weighted by Gasteiger charge is 2.17. The van der Waals surface area contributed by atoms with Crippen LogP contribution in [0.3, 0.4) is 0 Å².